The van der Waals surface area contributed by atoms with Crippen LogP contribution in [0.1, 0.15) is 25.1 Å². The summed E-state index contributed by atoms with van der Waals surface area (Å²) in [7, 11) is 1.82. The van der Waals surface area contributed by atoms with Crippen LogP contribution in [0.4, 0.5) is 0 Å². The molecule has 0 unspecified atom stereocenters. The summed E-state index contributed by atoms with van der Waals surface area (Å²) < 4.78 is 4.98. The van der Waals surface area contributed by atoms with Gasteiger partial charge in [-0.2, -0.15) is 4.98 Å². The van der Waals surface area contributed by atoms with E-state index < -0.39 is 5.97 Å². The fourth-order valence-corrected chi connectivity index (χ4v) is 1.09. The van der Waals surface area contributed by atoms with E-state index in [4.69, 9.17) is 9.63 Å². The van der Waals surface area contributed by atoms with Crippen LogP contribution in [0.2, 0.25) is 0 Å². The smallest absolute Gasteiger partial charge is 0.304 e. The van der Waals surface area contributed by atoms with Crippen molar-refractivity contribution in [3.8, 4) is 0 Å². The molecular weight excluding hydrogens is 198 g/mol. The summed E-state index contributed by atoms with van der Waals surface area (Å²) >= 11 is 0. The SMILES string of the molecule is CCc1noc(CN(C)CCC(=O)O)n1. The standard InChI is InChI=1S/C9H15N3O3/c1-3-7-10-8(15-11-7)6-12(2)5-4-9(13)14/h3-6H2,1-2H3,(H,13,14). The van der Waals surface area contributed by atoms with E-state index in [9.17, 15) is 4.79 Å². The quantitative estimate of drug-likeness (QED) is 0.742. The number of rotatable bonds is 6. The summed E-state index contributed by atoms with van der Waals surface area (Å²) in [5.41, 5.74) is 0. The molecule has 1 heterocycles. The minimum atomic E-state index is -0.804. The van der Waals surface area contributed by atoms with Crippen LogP contribution < -0.4 is 0 Å². The molecule has 1 aromatic heterocycles. The van der Waals surface area contributed by atoms with E-state index in [1.54, 1.807) is 0 Å². The first-order chi connectivity index (χ1) is 7.11. The van der Waals surface area contributed by atoms with E-state index in [0.29, 0.717) is 24.8 Å². The van der Waals surface area contributed by atoms with Crippen molar-refractivity contribution in [2.45, 2.75) is 26.3 Å². The summed E-state index contributed by atoms with van der Waals surface area (Å²) in [4.78, 5) is 16.3. The molecule has 0 aromatic carbocycles. The Hall–Kier alpha value is -1.43. The molecule has 1 N–H and O–H groups in total. The Morgan fingerprint density at radius 2 is 2.33 bits per heavy atom. The Morgan fingerprint density at radius 3 is 2.87 bits per heavy atom. The van der Waals surface area contributed by atoms with Gasteiger partial charge in [0.15, 0.2) is 5.82 Å². The van der Waals surface area contributed by atoms with Gasteiger partial charge in [-0.15, -0.1) is 0 Å². The van der Waals surface area contributed by atoms with Gasteiger partial charge in [-0.1, -0.05) is 12.1 Å². The van der Waals surface area contributed by atoms with Gasteiger partial charge in [0.05, 0.1) is 13.0 Å². The second-order valence-corrected chi connectivity index (χ2v) is 3.34. The normalized spacial score (nSPS) is 10.9. The highest BCUT2D eigenvalue weighted by Gasteiger charge is 2.08. The van der Waals surface area contributed by atoms with Gasteiger partial charge in [0, 0.05) is 13.0 Å². The predicted octanol–water partition coefficient (Wildman–Crippen LogP) is 0.538. The lowest BCUT2D eigenvalue weighted by atomic mass is 10.4. The minimum Gasteiger partial charge on any atom is -0.481 e. The molecule has 6 heteroatoms. The largest absolute Gasteiger partial charge is 0.481 e. The van der Waals surface area contributed by atoms with Crippen molar-refractivity contribution in [2.24, 2.45) is 0 Å². The maximum Gasteiger partial charge on any atom is 0.304 e. The molecular formula is C9H15N3O3. The molecule has 0 aliphatic rings. The van der Waals surface area contributed by atoms with Gasteiger partial charge in [-0.05, 0) is 7.05 Å². The number of aliphatic carboxylic acids is 1. The molecule has 0 amide bonds. The highest BCUT2D eigenvalue weighted by atomic mass is 16.5. The maximum atomic E-state index is 10.3. The Balaban J connectivity index is 2.36. The van der Waals surface area contributed by atoms with Gasteiger partial charge >= 0.3 is 5.97 Å². The summed E-state index contributed by atoms with van der Waals surface area (Å²) in [6.07, 6.45) is 0.855. The van der Waals surface area contributed by atoms with Gasteiger partial charge < -0.3 is 9.63 Å². The lowest BCUT2D eigenvalue weighted by Gasteiger charge is -2.11. The zero-order valence-electron chi connectivity index (χ0n) is 8.93. The van der Waals surface area contributed by atoms with E-state index >= 15 is 0 Å². The van der Waals surface area contributed by atoms with Crippen molar-refractivity contribution in [3.63, 3.8) is 0 Å². The van der Waals surface area contributed by atoms with Gasteiger partial charge in [0.25, 0.3) is 0 Å². The van der Waals surface area contributed by atoms with Crippen molar-refractivity contribution < 1.29 is 14.4 Å². The van der Waals surface area contributed by atoms with E-state index in [0.717, 1.165) is 6.42 Å². The average molecular weight is 213 g/mol. The second-order valence-electron chi connectivity index (χ2n) is 3.34. The summed E-state index contributed by atoms with van der Waals surface area (Å²) in [5, 5.41) is 12.2. The molecule has 1 rings (SSSR count). The average Bonchev–Trinajstić information content (AvgIpc) is 2.62. The van der Waals surface area contributed by atoms with Crippen molar-refractivity contribution >= 4 is 5.97 Å². The third kappa shape index (κ3) is 4.07. The fraction of sp³-hybridized carbons (Fsp3) is 0.667. The second kappa shape index (κ2) is 5.45. The highest BCUT2D eigenvalue weighted by Crippen LogP contribution is 2.01. The number of hydrogen-bond donors (Lipinski definition) is 1. The number of hydrogen-bond acceptors (Lipinski definition) is 5. The molecule has 1 aromatic rings. The molecule has 0 saturated heterocycles. The molecule has 0 radical (unpaired) electrons. The van der Waals surface area contributed by atoms with Crippen LogP contribution in [0.5, 0.6) is 0 Å². The predicted molar refractivity (Wildman–Crippen MR) is 52.3 cm³/mol. The van der Waals surface area contributed by atoms with E-state index in [1.807, 2.05) is 18.9 Å². The van der Waals surface area contributed by atoms with Gasteiger partial charge in [-0.25, -0.2) is 0 Å². The van der Waals surface area contributed by atoms with Crippen molar-refractivity contribution in [2.75, 3.05) is 13.6 Å². The van der Waals surface area contributed by atoms with Crippen molar-refractivity contribution in [3.05, 3.63) is 11.7 Å². The van der Waals surface area contributed by atoms with Crippen LogP contribution in [0.15, 0.2) is 4.52 Å². The number of aryl methyl sites for hydroxylation is 1. The van der Waals surface area contributed by atoms with Crippen LogP contribution in [-0.2, 0) is 17.8 Å². The third-order valence-electron chi connectivity index (χ3n) is 1.94. The maximum absolute atomic E-state index is 10.3. The number of carboxylic acids is 1. The topological polar surface area (TPSA) is 79.5 Å². The van der Waals surface area contributed by atoms with Gasteiger partial charge in [0.2, 0.25) is 5.89 Å². The monoisotopic (exact) mass is 213 g/mol. The first-order valence-electron chi connectivity index (χ1n) is 4.83. The number of aromatic nitrogens is 2. The minimum absolute atomic E-state index is 0.116. The molecule has 0 fully saturated rings. The Kier molecular flexibility index (Phi) is 4.23. The zero-order valence-corrected chi connectivity index (χ0v) is 8.93. The van der Waals surface area contributed by atoms with Crippen LogP contribution in [0.3, 0.4) is 0 Å². The first kappa shape index (κ1) is 11.6. The lowest BCUT2D eigenvalue weighted by Crippen LogP contribution is -2.21. The van der Waals surface area contributed by atoms with E-state index in [-0.39, 0.29) is 6.42 Å². The number of carboxylic acid groups (broad SMARTS) is 1. The molecule has 84 valence electrons. The van der Waals surface area contributed by atoms with Crippen LogP contribution >= 0.6 is 0 Å². The zero-order chi connectivity index (χ0) is 11.3. The number of carbonyl (C=O) groups is 1. The van der Waals surface area contributed by atoms with Crippen molar-refractivity contribution in [1.29, 1.82) is 0 Å². The van der Waals surface area contributed by atoms with Crippen LogP contribution in [-0.4, -0.2) is 39.7 Å². The summed E-state index contributed by atoms with van der Waals surface area (Å²) in [6.45, 7) is 2.90. The Morgan fingerprint density at radius 1 is 1.60 bits per heavy atom. The van der Waals surface area contributed by atoms with E-state index in [1.165, 1.54) is 0 Å². The van der Waals surface area contributed by atoms with Crippen LogP contribution in [0, 0.1) is 0 Å². The van der Waals surface area contributed by atoms with Gasteiger partial charge in [0.1, 0.15) is 0 Å². The van der Waals surface area contributed by atoms with Crippen molar-refractivity contribution in [1.82, 2.24) is 15.0 Å². The summed E-state index contributed by atoms with van der Waals surface area (Å²) in [6, 6.07) is 0. The molecule has 0 aliphatic heterocycles. The molecule has 0 aliphatic carbocycles. The molecule has 0 bridgehead atoms. The fourth-order valence-electron chi connectivity index (χ4n) is 1.09. The third-order valence-corrected chi connectivity index (χ3v) is 1.94. The highest BCUT2D eigenvalue weighted by molar-refractivity contribution is 5.66. The summed E-state index contributed by atoms with van der Waals surface area (Å²) in [5.74, 6) is 0.401. The molecule has 15 heavy (non-hydrogen) atoms. The molecule has 0 spiro atoms. The number of nitrogens with zero attached hydrogens (tertiary/aromatic N) is 3. The molecule has 6 nitrogen and oxygen atoms in total. The van der Waals surface area contributed by atoms with E-state index in [2.05, 4.69) is 10.1 Å². The first-order valence-corrected chi connectivity index (χ1v) is 4.83. The molecule has 0 saturated carbocycles. The van der Waals surface area contributed by atoms with Crippen LogP contribution in [0.25, 0.3) is 0 Å². The Bertz CT molecular complexity index is 324. The Labute approximate surface area is 87.9 Å². The lowest BCUT2D eigenvalue weighted by molar-refractivity contribution is -0.137. The van der Waals surface area contributed by atoms with Gasteiger partial charge in [-0.3, -0.25) is 9.69 Å². The molecule has 0 atom stereocenters.